The monoisotopic (exact) mass is 467 g/mol. The number of halogens is 1. The summed E-state index contributed by atoms with van der Waals surface area (Å²) in [6, 6.07) is 27.2. The molecule has 0 radical (unpaired) electrons. The molecule has 5 rings (SSSR count). The number of carbonyl (C=O) groups excluding carboxylic acids is 1. The van der Waals surface area contributed by atoms with Gasteiger partial charge in [-0.2, -0.15) is 0 Å². The van der Waals surface area contributed by atoms with Crippen molar-refractivity contribution in [2.45, 2.75) is 6.92 Å². The maximum absolute atomic E-state index is 13.5. The van der Waals surface area contributed by atoms with Gasteiger partial charge in [0.1, 0.15) is 0 Å². The number of fused-ring (bicyclic) bond motifs is 2. The number of amides is 1. The minimum absolute atomic E-state index is 0.178. The molecule has 150 valence electrons. The summed E-state index contributed by atoms with van der Waals surface area (Å²) >= 11 is 3.52. The molecule has 0 atom stereocenters. The number of para-hydroxylation sites is 1. The van der Waals surface area contributed by atoms with Crippen molar-refractivity contribution in [2.24, 2.45) is 0 Å². The van der Waals surface area contributed by atoms with Gasteiger partial charge < -0.3 is 5.32 Å². The molecule has 0 unspecified atom stereocenters. The molecule has 0 saturated carbocycles. The van der Waals surface area contributed by atoms with E-state index in [0.717, 1.165) is 48.9 Å². The Morgan fingerprint density at radius 3 is 2.39 bits per heavy atom. The molecule has 0 aliphatic rings. The van der Waals surface area contributed by atoms with Gasteiger partial charge in [0.05, 0.1) is 28.0 Å². The zero-order valence-corrected chi connectivity index (χ0v) is 18.3. The number of nitrogens with one attached hydrogen (secondary N) is 1. The van der Waals surface area contributed by atoms with E-state index in [2.05, 4.69) is 26.2 Å². The number of anilines is 1. The van der Waals surface area contributed by atoms with Gasteiger partial charge in [-0.3, -0.25) is 9.78 Å². The minimum Gasteiger partial charge on any atom is -0.321 e. The molecule has 2 heterocycles. The first-order valence-corrected chi connectivity index (χ1v) is 10.7. The van der Waals surface area contributed by atoms with Gasteiger partial charge in [-0.15, -0.1) is 0 Å². The topological polar surface area (TPSA) is 54.9 Å². The molecule has 3 aromatic carbocycles. The van der Waals surface area contributed by atoms with Crippen LogP contribution in [0, 0.1) is 6.92 Å². The SMILES string of the molecule is Cc1cc(NC(=O)c2cc(-c3ccccc3)nc3ccccc23)c2cc(Br)ccc2n1. The lowest BCUT2D eigenvalue weighted by Crippen LogP contribution is -2.14. The van der Waals surface area contributed by atoms with Crippen LogP contribution < -0.4 is 5.32 Å². The van der Waals surface area contributed by atoms with Gasteiger partial charge in [-0.05, 0) is 43.3 Å². The van der Waals surface area contributed by atoms with Gasteiger partial charge in [0.2, 0.25) is 0 Å². The van der Waals surface area contributed by atoms with Crippen LogP contribution in [-0.2, 0) is 0 Å². The number of hydrogen-bond donors (Lipinski definition) is 1. The van der Waals surface area contributed by atoms with E-state index >= 15 is 0 Å². The Kier molecular flexibility index (Phi) is 4.96. The second-order valence-corrected chi connectivity index (χ2v) is 8.28. The third-order valence-corrected chi connectivity index (χ3v) is 5.67. The largest absolute Gasteiger partial charge is 0.321 e. The number of aromatic nitrogens is 2. The number of aryl methyl sites for hydroxylation is 1. The summed E-state index contributed by atoms with van der Waals surface area (Å²) in [5.41, 5.74) is 5.52. The molecule has 0 saturated heterocycles. The van der Waals surface area contributed by atoms with Crippen LogP contribution in [0.15, 0.2) is 89.4 Å². The quantitative estimate of drug-likeness (QED) is 0.318. The predicted octanol–water partition coefficient (Wildman–Crippen LogP) is 6.77. The highest BCUT2D eigenvalue weighted by molar-refractivity contribution is 9.10. The lowest BCUT2D eigenvalue weighted by atomic mass is 10.0. The lowest BCUT2D eigenvalue weighted by molar-refractivity contribution is 0.102. The van der Waals surface area contributed by atoms with E-state index in [-0.39, 0.29) is 5.91 Å². The first-order valence-electron chi connectivity index (χ1n) is 9.92. The average molecular weight is 468 g/mol. The summed E-state index contributed by atoms with van der Waals surface area (Å²) in [5, 5.41) is 4.81. The molecule has 1 amide bonds. The van der Waals surface area contributed by atoms with Gasteiger partial charge in [0.25, 0.3) is 5.91 Å². The fraction of sp³-hybridized carbons (Fsp3) is 0.0385. The van der Waals surface area contributed by atoms with Gasteiger partial charge in [-0.1, -0.05) is 64.5 Å². The van der Waals surface area contributed by atoms with Crippen molar-refractivity contribution < 1.29 is 4.79 Å². The number of rotatable bonds is 3. The fourth-order valence-corrected chi connectivity index (χ4v) is 4.10. The molecule has 5 heteroatoms. The second kappa shape index (κ2) is 7.93. The Labute approximate surface area is 188 Å². The molecule has 0 aliphatic carbocycles. The molecule has 0 spiro atoms. The molecule has 1 N–H and O–H groups in total. The number of benzene rings is 3. The van der Waals surface area contributed by atoms with Crippen molar-refractivity contribution in [3.8, 4) is 11.3 Å². The van der Waals surface area contributed by atoms with Crippen molar-refractivity contribution in [3.05, 3.63) is 101 Å². The first-order chi connectivity index (χ1) is 15.1. The summed E-state index contributed by atoms with van der Waals surface area (Å²) in [4.78, 5) is 22.8. The number of carbonyl (C=O) groups is 1. The molecule has 31 heavy (non-hydrogen) atoms. The molecule has 5 aromatic rings. The number of nitrogens with zero attached hydrogens (tertiary/aromatic N) is 2. The summed E-state index contributed by atoms with van der Waals surface area (Å²) in [5.74, 6) is -0.178. The Morgan fingerprint density at radius 2 is 1.55 bits per heavy atom. The second-order valence-electron chi connectivity index (χ2n) is 7.37. The highest BCUT2D eigenvalue weighted by Gasteiger charge is 2.16. The van der Waals surface area contributed by atoms with Crippen molar-refractivity contribution in [2.75, 3.05) is 5.32 Å². The van der Waals surface area contributed by atoms with E-state index in [1.807, 2.05) is 91.9 Å². The van der Waals surface area contributed by atoms with E-state index in [1.165, 1.54) is 0 Å². The van der Waals surface area contributed by atoms with E-state index in [9.17, 15) is 4.79 Å². The average Bonchev–Trinajstić information content (AvgIpc) is 2.79. The Bertz CT molecular complexity index is 1450. The summed E-state index contributed by atoms with van der Waals surface area (Å²) in [7, 11) is 0. The van der Waals surface area contributed by atoms with Gasteiger partial charge in [-0.25, -0.2) is 4.98 Å². The normalized spacial score (nSPS) is 11.0. The van der Waals surface area contributed by atoms with Gasteiger partial charge in [0, 0.05) is 26.5 Å². The van der Waals surface area contributed by atoms with Crippen LogP contribution in [0.25, 0.3) is 33.1 Å². The molecule has 0 aliphatic heterocycles. The Balaban J connectivity index is 1.64. The van der Waals surface area contributed by atoms with E-state index in [4.69, 9.17) is 4.98 Å². The Morgan fingerprint density at radius 1 is 0.806 bits per heavy atom. The molecule has 0 bridgehead atoms. The lowest BCUT2D eigenvalue weighted by Gasteiger charge is -2.13. The number of pyridine rings is 2. The van der Waals surface area contributed by atoms with E-state index < -0.39 is 0 Å². The summed E-state index contributed by atoms with van der Waals surface area (Å²) in [6.07, 6.45) is 0. The zero-order chi connectivity index (χ0) is 21.4. The maximum Gasteiger partial charge on any atom is 0.256 e. The van der Waals surface area contributed by atoms with Crippen LogP contribution >= 0.6 is 15.9 Å². The zero-order valence-electron chi connectivity index (χ0n) is 16.8. The summed E-state index contributed by atoms with van der Waals surface area (Å²) in [6.45, 7) is 1.92. The molecule has 2 aromatic heterocycles. The van der Waals surface area contributed by atoms with Crippen LogP contribution in [0.5, 0.6) is 0 Å². The number of hydrogen-bond acceptors (Lipinski definition) is 3. The van der Waals surface area contributed by atoms with Crippen LogP contribution in [0.3, 0.4) is 0 Å². The fourth-order valence-electron chi connectivity index (χ4n) is 3.74. The van der Waals surface area contributed by atoms with Crippen molar-refractivity contribution in [3.63, 3.8) is 0 Å². The highest BCUT2D eigenvalue weighted by atomic mass is 79.9. The maximum atomic E-state index is 13.5. The van der Waals surface area contributed by atoms with Crippen molar-refractivity contribution >= 4 is 49.3 Å². The standard InChI is InChI=1S/C26H18BrN3O/c1-16-13-25(21-14-18(27)11-12-23(21)28-16)30-26(31)20-15-24(17-7-3-2-4-8-17)29-22-10-6-5-9-19(20)22/h2-15H,1H3,(H,28,30,31). The molecular weight excluding hydrogens is 450 g/mol. The van der Waals surface area contributed by atoms with Crippen LogP contribution in [0.1, 0.15) is 16.1 Å². The van der Waals surface area contributed by atoms with Crippen LogP contribution in [-0.4, -0.2) is 15.9 Å². The van der Waals surface area contributed by atoms with Gasteiger partial charge >= 0.3 is 0 Å². The Hall–Kier alpha value is -3.57. The minimum atomic E-state index is -0.178. The highest BCUT2D eigenvalue weighted by Crippen LogP contribution is 2.29. The first kappa shape index (κ1) is 19.4. The van der Waals surface area contributed by atoms with Crippen LogP contribution in [0.4, 0.5) is 5.69 Å². The third-order valence-electron chi connectivity index (χ3n) is 5.18. The predicted molar refractivity (Wildman–Crippen MR) is 129 cm³/mol. The van der Waals surface area contributed by atoms with E-state index in [0.29, 0.717) is 5.56 Å². The van der Waals surface area contributed by atoms with Crippen LogP contribution in [0.2, 0.25) is 0 Å². The van der Waals surface area contributed by atoms with Crippen molar-refractivity contribution in [1.82, 2.24) is 9.97 Å². The van der Waals surface area contributed by atoms with Gasteiger partial charge in [0.15, 0.2) is 0 Å². The summed E-state index contributed by atoms with van der Waals surface area (Å²) < 4.78 is 0.932. The smallest absolute Gasteiger partial charge is 0.256 e. The molecule has 4 nitrogen and oxygen atoms in total. The van der Waals surface area contributed by atoms with Crippen molar-refractivity contribution in [1.29, 1.82) is 0 Å². The molecule has 0 fully saturated rings. The third kappa shape index (κ3) is 3.80. The molecular formula is C26H18BrN3O. The van der Waals surface area contributed by atoms with E-state index in [1.54, 1.807) is 0 Å².